The zero-order chi connectivity index (χ0) is 60.0. The minimum absolute atomic E-state index is 0.0256. The molecular formula is C38H52N16O26P4. The van der Waals surface area contributed by atoms with E-state index in [9.17, 15) is 67.5 Å². The van der Waals surface area contributed by atoms with Gasteiger partial charge in [0, 0.05) is 0 Å². The van der Waals surface area contributed by atoms with E-state index in [1.807, 2.05) is 0 Å². The third kappa shape index (κ3) is 13.4. The lowest BCUT2D eigenvalue weighted by molar-refractivity contribution is -0.0617. The van der Waals surface area contributed by atoms with Gasteiger partial charge in [-0.1, -0.05) is 11.6 Å². The largest absolute Gasteiger partial charge is 0.473 e. The number of oxime groups is 1. The number of anilines is 3. The highest BCUT2D eigenvalue weighted by Gasteiger charge is 2.55. The topological polar surface area (TPSA) is 602 Å². The van der Waals surface area contributed by atoms with Gasteiger partial charge in [0.15, 0.2) is 52.2 Å². The Balaban J connectivity index is 0.946. The van der Waals surface area contributed by atoms with Crippen LogP contribution in [-0.4, -0.2) is 194 Å². The van der Waals surface area contributed by atoms with Crippen molar-refractivity contribution < 1.29 is 108 Å². The molecule has 0 saturated carbocycles. The van der Waals surface area contributed by atoms with Crippen LogP contribution in [0, 0.1) is 0 Å². The summed E-state index contributed by atoms with van der Waals surface area (Å²) in [5.41, 5.74) is 13.0. The zero-order valence-electron chi connectivity index (χ0n) is 42.7. The molecule has 16 N–H and O–H groups in total. The Labute approximate surface area is 466 Å². The lowest BCUT2D eigenvalue weighted by Gasteiger charge is -2.26. The first-order chi connectivity index (χ1) is 39.8. The van der Waals surface area contributed by atoms with E-state index in [0.717, 1.165) is 38.9 Å². The van der Waals surface area contributed by atoms with Crippen LogP contribution < -0.4 is 33.9 Å². The maximum absolute atomic E-state index is 14.1. The van der Waals surface area contributed by atoms with Crippen LogP contribution in [0.5, 0.6) is 0 Å². The molecule has 42 nitrogen and oxygen atoms in total. The van der Waals surface area contributed by atoms with Crippen LogP contribution in [0.3, 0.4) is 0 Å². The van der Waals surface area contributed by atoms with Crippen LogP contribution in [0.25, 0.3) is 33.5 Å². The van der Waals surface area contributed by atoms with Crippen molar-refractivity contribution in [3.8, 4) is 0 Å². The van der Waals surface area contributed by atoms with Gasteiger partial charge in [0.05, 0.1) is 58.2 Å². The standard InChI is InChI=1S/C38H52N16O26P4/c39-36-46-27-18(30(58)49-36)42-12-52(27)33-21(55)24-16(76-33)10-73-84(67,68)80-26-17(77-35(23(26)57)54-14-44-20-29(54)48-38(41)51-32(20)60)11-74-83(65,66)79-25-15(75-34(22(25)56)53-13-43-19-28(53)47-37(40)50-31(19)59)9-72-81(61,62)70-7-4-2-1-3-6-69-45-5-8-71-82(63,64)78-24/h5,12-17,21-26,33-35,55-57H,1-4,6-11H2,(H,61,62)(H,63,64)(H,65,66)(H,67,68)(H3,39,46,49,58)(H3,40,47,50,59)(H3,41,48,51,60)/b45-5+/t15-,16-,17-,21-,22-,23-,24-,25-,26-,33-,34-,35-/m1/s1. The molecule has 3 saturated heterocycles. The van der Waals surface area contributed by atoms with Crippen LogP contribution in [0.15, 0.2) is 38.5 Å². The molecule has 0 aliphatic carbocycles. The van der Waals surface area contributed by atoms with Crippen molar-refractivity contribution in [2.75, 3.05) is 56.8 Å². The van der Waals surface area contributed by atoms with Gasteiger partial charge in [-0.15, -0.1) is 0 Å². The third-order valence-electron chi connectivity index (χ3n) is 12.9. The van der Waals surface area contributed by atoms with Crippen LogP contribution in [-0.2, 0) is 73.5 Å². The van der Waals surface area contributed by atoms with Gasteiger partial charge in [0.1, 0.15) is 61.5 Å². The van der Waals surface area contributed by atoms with Gasteiger partial charge in [-0.25, -0.2) is 33.2 Å². The Hall–Kier alpha value is -5.88. The number of fused-ring (bicyclic) bond motifs is 6. The molecule has 84 heavy (non-hydrogen) atoms. The molecule has 3 fully saturated rings. The molecule has 460 valence electrons. The molecule has 6 aromatic heterocycles. The summed E-state index contributed by atoms with van der Waals surface area (Å²) in [5, 5.41) is 38.8. The number of nitrogens with two attached hydrogens (primary N) is 3. The van der Waals surface area contributed by atoms with Crippen LogP contribution in [0.2, 0.25) is 0 Å². The smallest absolute Gasteiger partial charge is 0.396 e. The van der Waals surface area contributed by atoms with Crippen molar-refractivity contribution in [2.24, 2.45) is 5.16 Å². The molecule has 0 bridgehead atoms. The fraction of sp³-hybridized carbons (Fsp3) is 0.579. The normalized spacial score (nSPS) is 36.4. The number of rotatable bonds is 3. The summed E-state index contributed by atoms with van der Waals surface area (Å²) < 4.78 is 117. The summed E-state index contributed by atoms with van der Waals surface area (Å²) in [6, 6.07) is 0. The maximum atomic E-state index is 14.1. The van der Waals surface area contributed by atoms with E-state index < -0.39 is 166 Å². The van der Waals surface area contributed by atoms with Gasteiger partial charge in [-0.3, -0.25) is 79.2 Å². The fourth-order valence-corrected chi connectivity index (χ4v) is 12.8. The summed E-state index contributed by atoms with van der Waals surface area (Å²) in [6.45, 7) is -4.47. The molecule has 0 radical (unpaired) electrons. The monoisotopic (exact) mass is 1270 g/mol. The number of nitrogen functional groups attached to an aromatic ring is 3. The predicted octanol–water partition coefficient (Wildman–Crippen LogP) is -2.88. The van der Waals surface area contributed by atoms with Gasteiger partial charge in [0.25, 0.3) is 16.7 Å². The second-order valence-corrected chi connectivity index (χ2v) is 24.3. The van der Waals surface area contributed by atoms with Crippen molar-refractivity contribution in [1.29, 1.82) is 0 Å². The molecule has 0 spiro atoms. The average molecular weight is 1270 g/mol. The Morgan fingerprint density at radius 2 is 0.833 bits per heavy atom. The van der Waals surface area contributed by atoms with Crippen LogP contribution in [0.1, 0.15) is 44.4 Å². The lowest BCUT2D eigenvalue weighted by atomic mass is 10.1. The van der Waals surface area contributed by atoms with Gasteiger partial charge >= 0.3 is 31.3 Å². The van der Waals surface area contributed by atoms with Crippen molar-refractivity contribution in [2.45, 2.75) is 99.3 Å². The highest BCUT2D eigenvalue weighted by molar-refractivity contribution is 7.48. The van der Waals surface area contributed by atoms with Gasteiger partial charge < -0.3 is 71.1 Å². The SMILES string of the molecule is Nc1nc2c(ncn2[C@@H]2O[C@@H]3COP(=O)(O)OCCCCCCO/N=C/COP(=O)(O)O[C@H]4[C@@H](O)[C@H](n5cnc6c(=O)[nH]c(N)nc65)O[C@@H]4COP(=O)(O)O[C@H]4[C@@H](O)[C@H](n5cnc6c(=O)[nH]c(N)nc65)O[C@@H]4COP(=O)(O)O[C@H]3[C@H]2O)c(=O)[nH]1. The molecule has 4 aliphatic heterocycles. The number of aromatic amines is 3. The number of phosphoric acid groups is 4. The zero-order valence-corrected chi connectivity index (χ0v) is 46.3. The molecule has 6 aromatic rings. The first-order valence-corrected chi connectivity index (χ1v) is 30.7. The molecule has 4 unspecified atom stereocenters. The van der Waals surface area contributed by atoms with Gasteiger partial charge in [-0.05, 0) is 19.3 Å². The first-order valence-electron chi connectivity index (χ1n) is 24.7. The van der Waals surface area contributed by atoms with Crippen molar-refractivity contribution in [3.63, 3.8) is 0 Å². The van der Waals surface area contributed by atoms with E-state index in [4.69, 9.17) is 72.4 Å². The van der Waals surface area contributed by atoms with Gasteiger partial charge in [-0.2, -0.15) is 15.0 Å². The van der Waals surface area contributed by atoms with Crippen LogP contribution >= 0.6 is 31.3 Å². The number of hydrogen-bond donors (Lipinski definition) is 13. The molecule has 0 amide bonds. The number of aliphatic hydroxyl groups is 3. The number of ether oxygens (including phenoxy) is 3. The highest BCUT2D eigenvalue weighted by Crippen LogP contribution is 2.54. The summed E-state index contributed by atoms with van der Waals surface area (Å²) >= 11 is 0. The fourth-order valence-electron chi connectivity index (χ4n) is 9.19. The van der Waals surface area contributed by atoms with Crippen molar-refractivity contribution >= 4 is 88.8 Å². The molecule has 16 atom stereocenters. The molecule has 46 heteroatoms. The summed E-state index contributed by atoms with van der Waals surface area (Å²) in [5.74, 6) is -1.22. The number of imidazole rings is 3. The van der Waals surface area contributed by atoms with E-state index in [1.165, 1.54) is 0 Å². The number of hydrogen-bond acceptors (Lipinski definition) is 32. The number of H-pyrrole nitrogens is 3. The Morgan fingerprint density at radius 1 is 0.488 bits per heavy atom. The highest BCUT2D eigenvalue weighted by atomic mass is 31.2. The second kappa shape index (κ2) is 24.5. The van der Waals surface area contributed by atoms with E-state index in [0.29, 0.717) is 19.3 Å². The molecule has 0 aromatic carbocycles. The Morgan fingerprint density at radius 3 is 1.21 bits per heavy atom. The number of nitrogens with one attached hydrogen (secondary N) is 3. The molecule has 4 aliphatic rings. The van der Waals surface area contributed by atoms with Crippen molar-refractivity contribution in [3.05, 3.63) is 50.0 Å². The number of aliphatic hydroxyl groups excluding tert-OH is 3. The number of phosphoric ester groups is 4. The number of nitrogens with zero attached hydrogens (tertiary/aromatic N) is 10. The Kier molecular flexibility index (Phi) is 17.8. The molecular weight excluding hydrogens is 1220 g/mol. The predicted molar refractivity (Wildman–Crippen MR) is 274 cm³/mol. The first kappa shape index (κ1) is 61.2. The quantitative estimate of drug-likeness (QED) is 0.0792. The average Bonchev–Trinajstić information content (AvgIpc) is 3.44. The maximum Gasteiger partial charge on any atom is 0.473 e. The van der Waals surface area contributed by atoms with E-state index >= 15 is 0 Å². The Bertz CT molecular complexity index is 3800. The minimum Gasteiger partial charge on any atom is -0.396 e. The summed E-state index contributed by atoms with van der Waals surface area (Å²) in [4.78, 5) is 118. The summed E-state index contributed by atoms with van der Waals surface area (Å²) in [6.07, 6.45) is -18.1. The van der Waals surface area contributed by atoms with E-state index in [2.05, 4.69) is 50.0 Å². The molecule has 10 heterocycles. The summed E-state index contributed by atoms with van der Waals surface area (Å²) in [7, 11) is -21.6. The number of aromatic nitrogens is 12. The minimum atomic E-state index is -5.72. The third-order valence-corrected chi connectivity index (χ3v) is 16.9. The van der Waals surface area contributed by atoms with Crippen molar-refractivity contribution in [1.82, 2.24) is 58.6 Å². The van der Waals surface area contributed by atoms with E-state index in [1.54, 1.807) is 0 Å². The second-order valence-electron chi connectivity index (χ2n) is 18.6. The molecule has 10 rings (SSSR count). The van der Waals surface area contributed by atoms with E-state index in [-0.39, 0.29) is 53.1 Å². The lowest BCUT2D eigenvalue weighted by Crippen LogP contribution is -2.38. The van der Waals surface area contributed by atoms with Crippen LogP contribution in [0.4, 0.5) is 17.8 Å². The van der Waals surface area contributed by atoms with Gasteiger partial charge in [0.2, 0.25) is 17.8 Å².